The smallest absolute Gasteiger partial charge is 0.191 e. The maximum atomic E-state index is 9.57. The molecule has 0 bridgehead atoms. The summed E-state index contributed by atoms with van der Waals surface area (Å²) in [4.78, 5) is 9.70. The maximum absolute atomic E-state index is 9.57. The molecular weight excluding hydrogens is 453 g/mol. The van der Waals surface area contributed by atoms with E-state index in [1.54, 1.807) is 0 Å². The first-order valence-electron chi connectivity index (χ1n) is 10.4. The average Bonchev–Trinajstić information content (AvgIpc) is 2.61. The molecule has 2 aliphatic rings. The van der Waals surface area contributed by atoms with Gasteiger partial charge in [-0.3, -0.25) is 9.89 Å². The molecule has 0 atom stereocenters. The molecule has 0 unspecified atom stereocenters. The van der Waals surface area contributed by atoms with Gasteiger partial charge in [-0.2, -0.15) is 0 Å². The summed E-state index contributed by atoms with van der Waals surface area (Å²) in [5, 5.41) is 16.6. The van der Waals surface area contributed by atoms with E-state index in [1.807, 2.05) is 0 Å². The molecule has 0 aromatic heterocycles. The van der Waals surface area contributed by atoms with Gasteiger partial charge in [0.15, 0.2) is 5.96 Å². The predicted molar refractivity (Wildman–Crippen MR) is 125 cm³/mol. The summed E-state index contributed by atoms with van der Waals surface area (Å²) in [6.45, 7) is 16.4. The van der Waals surface area contributed by atoms with Crippen LogP contribution in [-0.2, 0) is 0 Å². The number of aliphatic hydroxyl groups excluding tert-OH is 1. The fourth-order valence-corrected chi connectivity index (χ4v) is 3.76. The number of nitrogens with one attached hydrogen (secondary N) is 2. The van der Waals surface area contributed by atoms with Crippen molar-refractivity contribution in [1.82, 2.24) is 20.4 Å². The van der Waals surface area contributed by atoms with Crippen LogP contribution in [0.4, 0.5) is 0 Å². The first-order chi connectivity index (χ1) is 12.6. The molecule has 2 heterocycles. The van der Waals surface area contributed by atoms with Crippen molar-refractivity contribution in [2.75, 3.05) is 52.4 Å². The monoisotopic (exact) mass is 493 g/mol. The van der Waals surface area contributed by atoms with E-state index in [1.165, 1.54) is 5.57 Å². The average molecular weight is 493 g/mol. The molecule has 0 spiro atoms. The molecule has 3 N–H and O–H groups in total. The molecule has 2 rings (SSSR count). The van der Waals surface area contributed by atoms with Gasteiger partial charge in [0.2, 0.25) is 0 Å². The summed E-state index contributed by atoms with van der Waals surface area (Å²) in [6, 6.07) is 0.512. The van der Waals surface area contributed by atoms with E-state index in [2.05, 4.69) is 40.9 Å². The van der Waals surface area contributed by atoms with Gasteiger partial charge in [0, 0.05) is 51.9 Å². The molecule has 0 aromatic carbocycles. The SMILES string of the molecule is C=C(C)CN1CCC(NC(=NCCCN2CCC(O)CC2)NCC)CC1.I. The van der Waals surface area contributed by atoms with E-state index >= 15 is 0 Å². The third-order valence-corrected chi connectivity index (χ3v) is 5.23. The normalized spacial score (nSPS) is 20.9. The van der Waals surface area contributed by atoms with Gasteiger partial charge in [0.1, 0.15) is 0 Å². The Morgan fingerprint density at radius 2 is 1.74 bits per heavy atom. The van der Waals surface area contributed by atoms with Gasteiger partial charge in [-0.05, 0) is 52.5 Å². The molecule has 2 aliphatic heterocycles. The number of aliphatic imine (C=N–C) groups is 1. The zero-order valence-electron chi connectivity index (χ0n) is 17.3. The quantitative estimate of drug-likeness (QED) is 0.159. The first kappa shape index (κ1) is 24.7. The molecular formula is C20H40IN5O. The van der Waals surface area contributed by atoms with Crippen molar-refractivity contribution in [1.29, 1.82) is 0 Å². The molecule has 0 aliphatic carbocycles. The van der Waals surface area contributed by atoms with Crippen molar-refractivity contribution in [3.05, 3.63) is 12.2 Å². The maximum Gasteiger partial charge on any atom is 0.191 e. The number of halogens is 1. The van der Waals surface area contributed by atoms with Crippen LogP contribution in [0.3, 0.4) is 0 Å². The molecule has 7 heteroatoms. The first-order valence-corrected chi connectivity index (χ1v) is 10.4. The number of nitrogens with zero attached hydrogens (tertiary/aromatic N) is 3. The van der Waals surface area contributed by atoms with Crippen molar-refractivity contribution in [3.63, 3.8) is 0 Å². The molecule has 2 fully saturated rings. The summed E-state index contributed by atoms with van der Waals surface area (Å²) in [5.74, 6) is 0.958. The molecule has 0 radical (unpaired) electrons. The number of piperidine rings is 2. The van der Waals surface area contributed by atoms with Crippen molar-refractivity contribution in [3.8, 4) is 0 Å². The van der Waals surface area contributed by atoms with Gasteiger partial charge < -0.3 is 20.6 Å². The van der Waals surface area contributed by atoms with Crippen LogP contribution in [0.15, 0.2) is 17.1 Å². The fourth-order valence-electron chi connectivity index (χ4n) is 3.76. The predicted octanol–water partition coefficient (Wildman–Crippen LogP) is 2.05. The van der Waals surface area contributed by atoms with Crippen LogP contribution >= 0.6 is 24.0 Å². The summed E-state index contributed by atoms with van der Waals surface area (Å²) in [5.41, 5.74) is 1.24. The Morgan fingerprint density at radius 1 is 1.11 bits per heavy atom. The highest BCUT2D eigenvalue weighted by atomic mass is 127. The van der Waals surface area contributed by atoms with Gasteiger partial charge in [0.05, 0.1) is 6.10 Å². The molecule has 2 saturated heterocycles. The number of hydrogen-bond acceptors (Lipinski definition) is 4. The Morgan fingerprint density at radius 3 is 2.33 bits per heavy atom. The lowest BCUT2D eigenvalue weighted by Crippen LogP contribution is -2.49. The fraction of sp³-hybridized carbons (Fsp3) is 0.850. The number of rotatable bonds is 8. The second-order valence-electron chi connectivity index (χ2n) is 7.84. The van der Waals surface area contributed by atoms with Crippen molar-refractivity contribution in [2.45, 2.75) is 58.1 Å². The third kappa shape index (κ3) is 10.1. The summed E-state index contributed by atoms with van der Waals surface area (Å²) in [6.07, 6.45) is 5.14. The van der Waals surface area contributed by atoms with Crippen molar-refractivity contribution < 1.29 is 5.11 Å². The van der Waals surface area contributed by atoms with E-state index < -0.39 is 0 Å². The van der Waals surface area contributed by atoms with E-state index in [9.17, 15) is 5.11 Å². The van der Waals surface area contributed by atoms with Crippen LogP contribution in [0, 0.1) is 0 Å². The highest BCUT2D eigenvalue weighted by molar-refractivity contribution is 14.0. The van der Waals surface area contributed by atoms with Crippen LogP contribution < -0.4 is 10.6 Å². The summed E-state index contributed by atoms with van der Waals surface area (Å²) >= 11 is 0. The van der Waals surface area contributed by atoms with Gasteiger partial charge in [-0.25, -0.2) is 0 Å². The molecule has 0 saturated carbocycles. The lowest BCUT2D eigenvalue weighted by molar-refractivity contribution is 0.0824. The van der Waals surface area contributed by atoms with Crippen molar-refractivity contribution >= 4 is 29.9 Å². The number of hydrogen-bond donors (Lipinski definition) is 3. The molecule has 6 nitrogen and oxygen atoms in total. The third-order valence-electron chi connectivity index (χ3n) is 5.23. The van der Waals surface area contributed by atoms with Crippen LogP contribution in [0.2, 0.25) is 0 Å². The van der Waals surface area contributed by atoms with Crippen LogP contribution in [-0.4, -0.2) is 85.4 Å². The minimum absolute atomic E-state index is 0. The van der Waals surface area contributed by atoms with Gasteiger partial charge in [0.25, 0.3) is 0 Å². The van der Waals surface area contributed by atoms with Gasteiger partial charge in [-0.1, -0.05) is 12.2 Å². The van der Waals surface area contributed by atoms with Crippen LogP contribution in [0.1, 0.15) is 46.0 Å². The van der Waals surface area contributed by atoms with E-state index in [4.69, 9.17) is 4.99 Å². The zero-order chi connectivity index (χ0) is 18.8. The van der Waals surface area contributed by atoms with Crippen LogP contribution in [0.5, 0.6) is 0 Å². The largest absolute Gasteiger partial charge is 0.393 e. The highest BCUT2D eigenvalue weighted by Gasteiger charge is 2.20. The molecule has 158 valence electrons. The summed E-state index contributed by atoms with van der Waals surface area (Å²) < 4.78 is 0. The highest BCUT2D eigenvalue weighted by Crippen LogP contribution is 2.12. The lowest BCUT2D eigenvalue weighted by atomic mass is 10.0. The zero-order valence-corrected chi connectivity index (χ0v) is 19.6. The Hall–Kier alpha value is -0.380. The standard InChI is InChI=1S/C20H39N5O.HI/c1-4-21-20(22-10-5-11-24-14-8-19(26)9-15-24)23-18-6-12-25(13-7-18)16-17(2)3;/h18-19,26H,2,4-16H2,1,3H3,(H2,21,22,23);1H. The van der Waals surface area contributed by atoms with E-state index in [0.29, 0.717) is 6.04 Å². The Balaban J connectivity index is 0.00000364. The minimum atomic E-state index is -0.0874. The number of guanidine groups is 1. The number of aliphatic hydroxyl groups is 1. The molecule has 27 heavy (non-hydrogen) atoms. The second kappa shape index (κ2) is 13.7. The number of likely N-dealkylation sites (tertiary alicyclic amines) is 2. The molecule has 0 amide bonds. The van der Waals surface area contributed by atoms with E-state index in [0.717, 1.165) is 90.4 Å². The minimum Gasteiger partial charge on any atom is -0.393 e. The Kier molecular flexibility index (Phi) is 12.5. The second-order valence-corrected chi connectivity index (χ2v) is 7.84. The lowest BCUT2D eigenvalue weighted by Gasteiger charge is -2.33. The summed E-state index contributed by atoms with van der Waals surface area (Å²) in [7, 11) is 0. The topological polar surface area (TPSA) is 63.1 Å². The van der Waals surface area contributed by atoms with Gasteiger partial charge in [-0.15, -0.1) is 24.0 Å². The van der Waals surface area contributed by atoms with Gasteiger partial charge >= 0.3 is 0 Å². The Labute approximate surface area is 182 Å². The Bertz CT molecular complexity index is 444. The van der Waals surface area contributed by atoms with Crippen molar-refractivity contribution in [2.24, 2.45) is 4.99 Å². The van der Waals surface area contributed by atoms with E-state index in [-0.39, 0.29) is 30.1 Å². The molecule has 0 aromatic rings. The van der Waals surface area contributed by atoms with Crippen LogP contribution in [0.25, 0.3) is 0 Å².